The zero-order valence-corrected chi connectivity index (χ0v) is 65.2. The van der Waals surface area contributed by atoms with Gasteiger partial charge < -0.3 is 33.8 Å². The minimum absolute atomic E-state index is 0.105. The Hall–Kier alpha value is -1.94. The molecule has 0 aromatic heterocycles. The molecule has 0 spiro atoms. The maximum Gasteiger partial charge on any atom is 0.472 e. The van der Waals surface area contributed by atoms with Crippen molar-refractivity contribution in [2.45, 2.75) is 426 Å². The molecule has 0 aliphatic heterocycles. The van der Waals surface area contributed by atoms with Crippen LogP contribution in [0.4, 0.5) is 0 Å². The van der Waals surface area contributed by atoms with E-state index in [0.717, 1.165) is 108 Å². The summed E-state index contributed by atoms with van der Waals surface area (Å²) in [4.78, 5) is 72.8. The number of aliphatic hydroxyl groups excluding tert-OH is 1. The van der Waals surface area contributed by atoms with Gasteiger partial charge in [-0.2, -0.15) is 0 Å². The fraction of sp³-hybridized carbons (Fsp3) is 0.949. The lowest BCUT2D eigenvalue weighted by molar-refractivity contribution is -0.161. The number of hydrogen-bond acceptors (Lipinski definition) is 15. The molecule has 0 fully saturated rings. The van der Waals surface area contributed by atoms with E-state index in [1.165, 1.54) is 218 Å². The summed E-state index contributed by atoms with van der Waals surface area (Å²) >= 11 is 0. The van der Waals surface area contributed by atoms with Gasteiger partial charge in [-0.25, -0.2) is 9.13 Å². The first-order valence-electron chi connectivity index (χ1n) is 40.5. The molecule has 0 bridgehead atoms. The van der Waals surface area contributed by atoms with Gasteiger partial charge in [-0.15, -0.1) is 0 Å². The van der Waals surface area contributed by atoms with Gasteiger partial charge in [-0.05, 0) is 37.5 Å². The third kappa shape index (κ3) is 70.9. The molecule has 0 saturated heterocycles. The second-order valence-electron chi connectivity index (χ2n) is 28.8. The van der Waals surface area contributed by atoms with E-state index in [4.69, 9.17) is 37.0 Å². The van der Waals surface area contributed by atoms with Gasteiger partial charge >= 0.3 is 39.5 Å². The van der Waals surface area contributed by atoms with Crippen LogP contribution in [0.2, 0.25) is 0 Å². The fourth-order valence-corrected chi connectivity index (χ4v) is 13.6. The van der Waals surface area contributed by atoms with Crippen molar-refractivity contribution in [1.82, 2.24) is 0 Å². The van der Waals surface area contributed by atoms with E-state index in [-0.39, 0.29) is 25.7 Å². The van der Waals surface area contributed by atoms with Crippen molar-refractivity contribution in [2.24, 2.45) is 11.8 Å². The van der Waals surface area contributed by atoms with E-state index in [1.807, 2.05) is 0 Å². The van der Waals surface area contributed by atoms with Crippen LogP contribution < -0.4 is 0 Å². The van der Waals surface area contributed by atoms with E-state index in [1.54, 1.807) is 0 Å². The molecule has 0 aliphatic rings. The topological polar surface area (TPSA) is 237 Å². The summed E-state index contributed by atoms with van der Waals surface area (Å²) in [6.45, 7) is 9.62. The highest BCUT2D eigenvalue weighted by molar-refractivity contribution is 7.47. The van der Waals surface area contributed by atoms with Gasteiger partial charge in [-0.1, -0.05) is 356 Å². The zero-order chi connectivity index (χ0) is 71.4. The van der Waals surface area contributed by atoms with Gasteiger partial charge in [0.15, 0.2) is 12.2 Å². The number of ether oxygens (including phenoxy) is 4. The van der Waals surface area contributed by atoms with Crippen molar-refractivity contribution in [1.29, 1.82) is 0 Å². The lowest BCUT2D eigenvalue weighted by Crippen LogP contribution is -2.30. The molecule has 97 heavy (non-hydrogen) atoms. The van der Waals surface area contributed by atoms with Gasteiger partial charge in [0.05, 0.1) is 26.4 Å². The second kappa shape index (κ2) is 69.8. The molecule has 0 saturated carbocycles. The van der Waals surface area contributed by atoms with Crippen molar-refractivity contribution in [2.75, 3.05) is 39.6 Å². The summed E-state index contributed by atoms with van der Waals surface area (Å²) < 4.78 is 68.5. The lowest BCUT2D eigenvalue weighted by atomic mass is 9.99. The zero-order valence-electron chi connectivity index (χ0n) is 63.4. The molecule has 0 aromatic rings. The highest BCUT2D eigenvalue weighted by Crippen LogP contribution is 2.45. The van der Waals surface area contributed by atoms with E-state index < -0.39 is 97.5 Å². The number of carbonyl (C=O) groups is 4. The number of phosphoric acid groups is 2. The number of rotatable bonds is 77. The Balaban J connectivity index is 5.19. The van der Waals surface area contributed by atoms with E-state index in [9.17, 15) is 43.2 Å². The number of unbranched alkanes of at least 4 members (excludes halogenated alkanes) is 46. The van der Waals surface area contributed by atoms with Crippen LogP contribution in [0.25, 0.3) is 0 Å². The average Bonchev–Trinajstić information content (AvgIpc) is 1.04. The number of carbonyl (C=O) groups excluding carboxylic acids is 4. The molecular formula is C78H152O17P2. The third-order valence-electron chi connectivity index (χ3n) is 18.6. The molecule has 0 heterocycles. The fourth-order valence-electron chi connectivity index (χ4n) is 12.0. The molecular weight excluding hydrogens is 1270 g/mol. The van der Waals surface area contributed by atoms with Crippen molar-refractivity contribution < 1.29 is 80.2 Å². The van der Waals surface area contributed by atoms with Crippen LogP contribution >= 0.6 is 15.6 Å². The van der Waals surface area contributed by atoms with Crippen LogP contribution in [-0.2, 0) is 65.4 Å². The van der Waals surface area contributed by atoms with E-state index >= 15 is 0 Å². The summed E-state index contributed by atoms with van der Waals surface area (Å²) in [5, 5.41) is 10.6. The van der Waals surface area contributed by atoms with Crippen molar-refractivity contribution in [3.63, 3.8) is 0 Å². The number of phosphoric ester groups is 2. The largest absolute Gasteiger partial charge is 0.472 e. The maximum atomic E-state index is 13.1. The summed E-state index contributed by atoms with van der Waals surface area (Å²) in [5.41, 5.74) is 0. The van der Waals surface area contributed by atoms with Crippen LogP contribution in [0.15, 0.2) is 0 Å². The quantitative estimate of drug-likeness (QED) is 0.0222. The molecule has 0 radical (unpaired) electrons. The summed E-state index contributed by atoms with van der Waals surface area (Å²) in [6, 6.07) is 0. The minimum Gasteiger partial charge on any atom is -0.462 e. The minimum atomic E-state index is -4.96. The van der Waals surface area contributed by atoms with Gasteiger partial charge in [0.2, 0.25) is 0 Å². The van der Waals surface area contributed by atoms with Crippen molar-refractivity contribution in [3.8, 4) is 0 Å². The predicted molar refractivity (Wildman–Crippen MR) is 395 cm³/mol. The van der Waals surface area contributed by atoms with Gasteiger partial charge in [0.1, 0.15) is 19.3 Å². The van der Waals surface area contributed by atoms with Crippen molar-refractivity contribution in [3.05, 3.63) is 0 Å². The number of esters is 4. The molecule has 576 valence electrons. The van der Waals surface area contributed by atoms with Gasteiger partial charge in [-0.3, -0.25) is 37.3 Å². The first-order valence-corrected chi connectivity index (χ1v) is 43.5. The Kier molecular flexibility index (Phi) is 68.4. The Morgan fingerprint density at radius 3 is 0.784 bits per heavy atom. The number of aliphatic hydroxyl groups is 1. The summed E-state index contributed by atoms with van der Waals surface area (Å²) in [5.74, 6) is -0.526. The normalized spacial score (nSPS) is 14.2. The van der Waals surface area contributed by atoms with E-state index in [2.05, 4.69) is 41.5 Å². The predicted octanol–water partition coefficient (Wildman–Crippen LogP) is 23.1. The molecule has 19 heteroatoms. The Morgan fingerprint density at radius 2 is 0.526 bits per heavy atom. The van der Waals surface area contributed by atoms with E-state index in [0.29, 0.717) is 25.7 Å². The van der Waals surface area contributed by atoms with Crippen LogP contribution in [0.1, 0.15) is 408 Å². The molecule has 0 amide bonds. The molecule has 3 N–H and O–H groups in total. The Labute approximate surface area is 594 Å². The van der Waals surface area contributed by atoms with Gasteiger partial charge in [0, 0.05) is 25.7 Å². The van der Waals surface area contributed by atoms with Gasteiger partial charge in [0.25, 0.3) is 0 Å². The molecule has 0 aliphatic carbocycles. The lowest BCUT2D eigenvalue weighted by Gasteiger charge is -2.21. The molecule has 3 unspecified atom stereocenters. The first kappa shape index (κ1) is 95.1. The summed E-state index contributed by atoms with van der Waals surface area (Å²) in [6.07, 6.45) is 58.4. The maximum absolute atomic E-state index is 13.1. The number of hydrogen-bond donors (Lipinski definition) is 3. The first-order chi connectivity index (χ1) is 46.9. The highest BCUT2D eigenvalue weighted by Gasteiger charge is 2.30. The Morgan fingerprint density at radius 1 is 0.299 bits per heavy atom. The van der Waals surface area contributed by atoms with Crippen LogP contribution in [-0.4, -0.2) is 96.7 Å². The third-order valence-corrected chi connectivity index (χ3v) is 20.5. The second-order valence-corrected chi connectivity index (χ2v) is 31.7. The molecule has 17 nitrogen and oxygen atoms in total. The molecule has 6 atom stereocenters. The standard InChI is InChI=1S/C78H152O17P2/c1-7-10-12-14-16-18-19-20-21-27-30-33-36-43-49-55-61-76(81)89-67-74(94-77(82)62-56-50-44-37-34-31-28-25-23-22-24-26-29-32-35-40-46-52-58-70(4)5)69-93-97(86,87)91-65-72(79)64-90-96(84,85)92-68-73(66-88-75(80)60-54-48-42-17-15-13-11-8-2)95-78(83)63-57-51-45-39-38-41-47-53-59-71(6)9-3/h70-74,79H,7-69H2,1-6H3,(H,84,85)(H,86,87)/t71?,72-,73+,74+/m0/s1. The van der Waals surface area contributed by atoms with Crippen LogP contribution in [0.5, 0.6) is 0 Å². The average molecular weight is 1420 g/mol. The molecule has 0 aromatic carbocycles. The summed E-state index contributed by atoms with van der Waals surface area (Å²) in [7, 11) is -9.91. The van der Waals surface area contributed by atoms with Crippen molar-refractivity contribution >= 4 is 39.5 Å². The molecule has 0 rings (SSSR count). The monoisotopic (exact) mass is 1420 g/mol. The highest BCUT2D eigenvalue weighted by atomic mass is 31.2. The smallest absolute Gasteiger partial charge is 0.462 e. The SMILES string of the molecule is CCCCCCCCCCCCCCCCCCC(=O)OC[C@H](COP(=O)(O)OC[C@@H](O)COP(=O)(O)OC[C@@H](COC(=O)CCCCCCCCCC)OC(=O)CCCCCCCCCCC(C)CC)OC(=O)CCCCCCCCCCCCCCCCCCCCC(C)C. The van der Waals surface area contributed by atoms with Crippen LogP contribution in [0.3, 0.4) is 0 Å². The Bertz CT molecular complexity index is 1870. The van der Waals surface area contributed by atoms with Crippen LogP contribution in [0, 0.1) is 11.8 Å².